The summed E-state index contributed by atoms with van der Waals surface area (Å²) in [6.45, 7) is 1.95. The molecule has 0 aliphatic heterocycles. The normalized spacial score (nSPS) is 15.9. The topological polar surface area (TPSA) is 75.1 Å². The van der Waals surface area contributed by atoms with Crippen LogP contribution in [0.1, 0.15) is 30.3 Å². The van der Waals surface area contributed by atoms with Crippen molar-refractivity contribution >= 4 is 11.9 Å². The van der Waals surface area contributed by atoms with E-state index in [1.54, 1.807) is 0 Å². The van der Waals surface area contributed by atoms with Crippen molar-refractivity contribution in [3.63, 3.8) is 0 Å². The van der Waals surface area contributed by atoms with Gasteiger partial charge >= 0.3 is 5.97 Å². The lowest BCUT2D eigenvalue weighted by atomic mass is 10.3. The largest absolute Gasteiger partial charge is 0.477 e. The van der Waals surface area contributed by atoms with Crippen molar-refractivity contribution in [3.05, 3.63) is 29.7 Å². The van der Waals surface area contributed by atoms with Crippen molar-refractivity contribution in [1.82, 2.24) is 9.97 Å². The Morgan fingerprint density at radius 2 is 2.38 bits per heavy atom. The molecule has 5 nitrogen and oxygen atoms in total. The number of carboxylic acids is 1. The van der Waals surface area contributed by atoms with Crippen LogP contribution in [0.4, 0.5) is 5.95 Å². The molecule has 0 bridgehead atoms. The number of allylic oxidation sites excluding steroid dienone is 2. The lowest BCUT2D eigenvalue weighted by Crippen LogP contribution is -2.08. The first-order valence-electron chi connectivity index (χ1n) is 5.20. The SMILES string of the molecule is CC=C(Nc1nccc(C(=O)O)n1)C1CC1. The minimum atomic E-state index is -1.04. The quantitative estimate of drug-likeness (QED) is 0.808. The molecule has 0 aromatic carbocycles. The van der Waals surface area contributed by atoms with Gasteiger partial charge < -0.3 is 10.4 Å². The van der Waals surface area contributed by atoms with Gasteiger partial charge in [0.05, 0.1) is 0 Å². The number of aromatic carboxylic acids is 1. The second-order valence-corrected chi connectivity index (χ2v) is 3.71. The molecule has 84 valence electrons. The zero-order valence-electron chi connectivity index (χ0n) is 8.97. The fraction of sp³-hybridized carbons (Fsp3) is 0.364. The van der Waals surface area contributed by atoms with E-state index in [2.05, 4.69) is 15.3 Å². The van der Waals surface area contributed by atoms with Crippen LogP contribution in [0.5, 0.6) is 0 Å². The van der Waals surface area contributed by atoms with E-state index in [0.717, 1.165) is 5.70 Å². The summed E-state index contributed by atoms with van der Waals surface area (Å²) in [5.74, 6) is -0.138. The predicted octanol–water partition coefficient (Wildman–Crippen LogP) is 1.90. The average molecular weight is 219 g/mol. The van der Waals surface area contributed by atoms with Gasteiger partial charge in [0.1, 0.15) is 0 Å². The second kappa shape index (κ2) is 4.30. The molecule has 0 amide bonds. The van der Waals surface area contributed by atoms with Gasteiger partial charge in [0, 0.05) is 11.9 Å². The van der Waals surface area contributed by atoms with Gasteiger partial charge in [-0.2, -0.15) is 0 Å². The Bertz CT molecular complexity index is 439. The number of anilines is 1. The Balaban J connectivity index is 2.14. The summed E-state index contributed by atoms with van der Waals surface area (Å²) in [4.78, 5) is 18.6. The van der Waals surface area contributed by atoms with Gasteiger partial charge in [-0.25, -0.2) is 14.8 Å². The molecule has 0 radical (unpaired) electrons. The van der Waals surface area contributed by atoms with E-state index in [4.69, 9.17) is 5.11 Å². The van der Waals surface area contributed by atoms with Crippen LogP contribution in [0.2, 0.25) is 0 Å². The van der Waals surface area contributed by atoms with Crippen molar-refractivity contribution in [2.24, 2.45) is 5.92 Å². The predicted molar refractivity (Wildman–Crippen MR) is 59.1 cm³/mol. The Morgan fingerprint density at radius 1 is 1.62 bits per heavy atom. The maximum Gasteiger partial charge on any atom is 0.354 e. The number of carboxylic acid groups (broad SMARTS) is 1. The highest BCUT2D eigenvalue weighted by Crippen LogP contribution is 2.36. The first-order valence-corrected chi connectivity index (χ1v) is 5.20. The average Bonchev–Trinajstić information content (AvgIpc) is 3.10. The smallest absolute Gasteiger partial charge is 0.354 e. The molecule has 0 saturated heterocycles. The second-order valence-electron chi connectivity index (χ2n) is 3.71. The number of aromatic nitrogens is 2. The lowest BCUT2D eigenvalue weighted by Gasteiger charge is -2.07. The number of rotatable bonds is 4. The molecule has 16 heavy (non-hydrogen) atoms. The zero-order valence-corrected chi connectivity index (χ0v) is 8.97. The molecule has 1 aliphatic carbocycles. The van der Waals surface area contributed by atoms with Crippen LogP contribution >= 0.6 is 0 Å². The molecule has 5 heteroatoms. The monoisotopic (exact) mass is 219 g/mol. The minimum absolute atomic E-state index is 0.00347. The summed E-state index contributed by atoms with van der Waals surface area (Å²) >= 11 is 0. The van der Waals surface area contributed by atoms with Gasteiger partial charge in [-0.15, -0.1) is 0 Å². The molecule has 1 heterocycles. The summed E-state index contributed by atoms with van der Waals surface area (Å²) in [6, 6.07) is 1.37. The highest BCUT2D eigenvalue weighted by atomic mass is 16.4. The lowest BCUT2D eigenvalue weighted by molar-refractivity contribution is 0.0690. The Morgan fingerprint density at radius 3 is 2.94 bits per heavy atom. The Labute approximate surface area is 93.2 Å². The van der Waals surface area contributed by atoms with Crippen LogP contribution in [-0.4, -0.2) is 21.0 Å². The van der Waals surface area contributed by atoms with Gasteiger partial charge in [-0.05, 0) is 31.7 Å². The Hall–Kier alpha value is -1.91. The van der Waals surface area contributed by atoms with Crippen LogP contribution in [0, 0.1) is 5.92 Å². The van der Waals surface area contributed by atoms with Gasteiger partial charge in [0.2, 0.25) is 5.95 Å². The third-order valence-corrected chi connectivity index (χ3v) is 2.46. The van der Waals surface area contributed by atoms with Crippen molar-refractivity contribution in [3.8, 4) is 0 Å². The highest BCUT2D eigenvalue weighted by Gasteiger charge is 2.26. The first kappa shape index (κ1) is 10.6. The van der Waals surface area contributed by atoms with E-state index >= 15 is 0 Å². The molecule has 1 aliphatic rings. The summed E-state index contributed by atoms with van der Waals surface area (Å²) < 4.78 is 0. The fourth-order valence-corrected chi connectivity index (χ4v) is 1.47. The van der Waals surface area contributed by atoms with Crippen molar-refractivity contribution in [1.29, 1.82) is 0 Å². The number of hydrogen-bond donors (Lipinski definition) is 2. The molecular formula is C11H13N3O2. The number of carbonyl (C=O) groups is 1. The fourth-order valence-electron chi connectivity index (χ4n) is 1.47. The molecular weight excluding hydrogens is 206 g/mol. The molecule has 1 saturated carbocycles. The molecule has 1 fully saturated rings. The molecule has 0 atom stereocenters. The molecule has 1 aromatic rings. The van der Waals surface area contributed by atoms with Crippen molar-refractivity contribution < 1.29 is 9.90 Å². The van der Waals surface area contributed by atoms with Crippen LogP contribution < -0.4 is 5.32 Å². The van der Waals surface area contributed by atoms with Gasteiger partial charge in [0.25, 0.3) is 0 Å². The standard InChI is InChI=1S/C11H13N3O2/c1-2-8(7-3-4-7)13-11-12-6-5-9(14-11)10(15)16/h2,5-7H,3-4H2,1H3,(H,15,16)(H,12,13,14). The third-order valence-electron chi connectivity index (χ3n) is 2.46. The van der Waals surface area contributed by atoms with Gasteiger partial charge in [-0.1, -0.05) is 6.08 Å². The maximum atomic E-state index is 10.7. The number of nitrogens with one attached hydrogen (secondary N) is 1. The van der Waals surface area contributed by atoms with Crippen LogP contribution in [-0.2, 0) is 0 Å². The van der Waals surface area contributed by atoms with Gasteiger partial charge in [-0.3, -0.25) is 0 Å². The van der Waals surface area contributed by atoms with E-state index in [0.29, 0.717) is 11.9 Å². The van der Waals surface area contributed by atoms with Crippen molar-refractivity contribution in [2.75, 3.05) is 5.32 Å². The first-order chi connectivity index (χ1) is 7.70. The molecule has 2 N–H and O–H groups in total. The summed E-state index contributed by atoms with van der Waals surface area (Å²) in [5, 5.41) is 11.9. The molecule has 0 spiro atoms. The van der Waals surface area contributed by atoms with E-state index in [-0.39, 0.29) is 5.69 Å². The Kier molecular flexibility index (Phi) is 2.85. The van der Waals surface area contributed by atoms with E-state index in [1.165, 1.54) is 25.1 Å². The number of nitrogens with zero attached hydrogens (tertiary/aromatic N) is 2. The minimum Gasteiger partial charge on any atom is -0.477 e. The van der Waals surface area contributed by atoms with Gasteiger partial charge in [0.15, 0.2) is 5.69 Å². The van der Waals surface area contributed by atoms with E-state index < -0.39 is 5.97 Å². The maximum absolute atomic E-state index is 10.7. The highest BCUT2D eigenvalue weighted by molar-refractivity contribution is 5.85. The summed E-state index contributed by atoms with van der Waals surface area (Å²) in [5.41, 5.74) is 1.08. The van der Waals surface area contributed by atoms with Crippen LogP contribution in [0.3, 0.4) is 0 Å². The summed E-state index contributed by atoms with van der Waals surface area (Å²) in [7, 11) is 0. The van der Waals surface area contributed by atoms with Crippen LogP contribution in [0.15, 0.2) is 24.0 Å². The number of hydrogen-bond acceptors (Lipinski definition) is 4. The summed E-state index contributed by atoms with van der Waals surface area (Å²) in [6.07, 6.45) is 5.77. The van der Waals surface area contributed by atoms with Crippen molar-refractivity contribution in [2.45, 2.75) is 19.8 Å². The van der Waals surface area contributed by atoms with Crippen LogP contribution in [0.25, 0.3) is 0 Å². The van der Waals surface area contributed by atoms with E-state index in [1.807, 2.05) is 13.0 Å². The third kappa shape index (κ3) is 2.36. The molecule has 2 rings (SSSR count). The molecule has 0 unspecified atom stereocenters. The van der Waals surface area contributed by atoms with E-state index in [9.17, 15) is 4.79 Å². The molecule has 1 aromatic heterocycles. The zero-order chi connectivity index (χ0) is 11.5.